The molecule has 2 heterocycles. The fourth-order valence-corrected chi connectivity index (χ4v) is 8.84. The van der Waals surface area contributed by atoms with Crippen LogP contribution in [-0.4, -0.2) is 36.8 Å². The van der Waals surface area contributed by atoms with Crippen molar-refractivity contribution in [3.8, 4) is 16.9 Å². The van der Waals surface area contributed by atoms with Crippen molar-refractivity contribution >= 4 is 32.5 Å². The Morgan fingerprint density at radius 1 is 0.865 bits per heavy atom. The fourth-order valence-electron chi connectivity index (χ4n) is 8.25. The Morgan fingerprint density at radius 3 is 2.29 bits per heavy atom. The van der Waals surface area contributed by atoms with E-state index in [1.165, 1.54) is 17.8 Å². The van der Waals surface area contributed by atoms with Gasteiger partial charge in [-0.05, 0) is 88.9 Å². The molecule has 0 amide bonds. The average molecular weight is 722 g/mol. The van der Waals surface area contributed by atoms with Gasteiger partial charge in [-0.3, -0.25) is 0 Å². The summed E-state index contributed by atoms with van der Waals surface area (Å²) >= 11 is 0. The molecule has 1 saturated heterocycles. The molecule has 2 atom stereocenters. The Morgan fingerprint density at radius 2 is 1.56 bits per heavy atom. The molecule has 2 unspecified atom stereocenters. The molecule has 0 bridgehead atoms. The summed E-state index contributed by atoms with van der Waals surface area (Å²) in [5, 5.41) is 1.60. The maximum absolute atomic E-state index is 15.1. The van der Waals surface area contributed by atoms with Gasteiger partial charge in [0.05, 0.1) is 0 Å². The van der Waals surface area contributed by atoms with Gasteiger partial charge in [0.2, 0.25) is 0 Å². The minimum atomic E-state index is -0.953. The second-order valence-electron chi connectivity index (χ2n) is 13.8. The first-order chi connectivity index (χ1) is 24.3. The standard InChI is InChI=1S/C41H39F2NO3Si.C2H6.2CH4/c1-40(2)36-23-30(43)14-18-33(36)37-32-17-13-29(42)22-35(32)39-34(38(37)40)19-20-41(47-39,27-9-5-4-6-10-27)28-11-15-31(16-12-28)44-21-7-8-26(24-44)25-46-48-45-3;1-2;;/h4-6,9-20,22-23,26H,7-8,21,24-25,48H2,1-3H3;1-2H3;2*1H4. The Labute approximate surface area is 311 Å². The van der Waals surface area contributed by atoms with Crippen molar-refractivity contribution in [2.75, 3.05) is 31.7 Å². The van der Waals surface area contributed by atoms with Crippen molar-refractivity contribution in [1.82, 2.24) is 0 Å². The predicted molar refractivity (Wildman–Crippen MR) is 216 cm³/mol. The number of hydrogen-bond acceptors (Lipinski definition) is 4. The summed E-state index contributed by atoms with van der Waals surface area (Å²) in [6.45, 7) is 11.0. The molecule has 4 nitrogen and oxygen atoms in total. The first-order valence-corrected chi connectivity index (χ1v) is 18.9. The molecule has 8 rings (SSSR count). The van der Waals surface area contributed by atoms with Crippen LogP contribution in [0.3, 0.4) is 0 Å². The molecule has 1 fully saturated rings. The monoisotopic (exact) mass is 721 g/mol. The molecule has 0 spiro atoms. The van der Waals surface area contributed by atoms with Gasteiger partial charge in [0.15, 0.2) is 5.60 Å². The Bertz CT molecular complexity index is 2050. The molecule has 1 aliphatic carbocycles. The lowest BCUT2D eigenvalue weighted by molar-refractivity contribution is 0.163. The van der Waals surface area contributed by atoms with Gasteiger partial charge in [-0.25, -0.2) is 8.78 Å². The third-order valence-electron chi connectivity index (χ3n) is 10.5. The molecular weight excluding hydrogens is 669 g/mol. The smallest absolute Gasteiger partial charge is 0.304 e. The summed E-state index contributed by atoms with van der Waals surface area (Å²) in [6, 6.07) is 28.8. The van der Waals surface area contributed by atoms with Gasteiger partial charge in [-0.1, -0.05) is 103 Å². The zero-order valence-corrected chi connectivity index (χ0v) is 31.0. The summed E-state index contributed by atoms with van der Waals surface area (Å²) in [5.74, 6) is 0.529. The van der Waals surface area contributed by atoms with Crippen LogP contribution in [0.1, 0.15) is 83.2 Å². The average Bonchev–Trinajstić information content (AvgIpc) is 3.38. The molecule has 0 aromatic heterocycles. The maximum Gasteiger partial charge on any atom is 0.304 e. The second-order valence-corrected chi connectivity index (χ2v) is 15.0. The predicted octanol–water partition coefficient (Wildman–Crippen LogP) is 11.0. The van der Waals surface area contributed by atoms with Crippen molar-refractivity contribution in [2.24, 2.45) is 5.92 Å². The molecule has 7 heteroatoms. The second kappa shape index (κ2) is 15.7. The number of anilines is 1. The highest BCUT2D eigenvalue weighted by Gasteiger charge is 2.44. The maximum atomic E-state index is 15.1. The fraction of sp³-hybridized carbons (Fsp3) is 0.333. The van der Waals surface area contributed by atoms with Crippen LogP contribution in [0.4, 0.5) is 14.5 Å². The first-order valence-electron chi connectivity index (χ1n) is 17.8. The molecule has 0 N–H and O–H groups in total. The lowest BCUT2D eigenvalue weighted by atomic mass is 9.76. The lowest BCUT2D eigenvalue weighted by Gasteiger charge is -2.39. The number of ether oxygens (including phenoxy) is 1. The van der Waals surface area contributed by atoms with Gasteiger partial charge in [0, 0.05) is 60.0 Å². The van der Waals surface area contributed by atoms with Gasteiger partial charge >= 0.3 is 10.0 Å². The number of piperidine rings is 1. The molecular formula is C45H53F2NO3Si. The highest BCUT2D eigenvalue weighted by atomic mass is 28.3. The summed E-state index contributed by atoms with van der Waals surface area (Å²) < 4.78 is 48.1. The van der Waals surface area contributed by atoms with Crippen LogP contribution >= 0.6 is 0 Å². The SMILES string of the molecule is C.C.CC.CO[SiH2]OCC1CCCN(c2ccc(C3(c4ccccc4)C=Cc4c5c(c6ccc(F)cc6c4O3)-c3ccc(F)cc3C5(C)C)cc2)C1. The van der Waals surface area contributed by atoms with E-state index >= 15 is 4.39 Å². The van der Waals surface area contributed by atoms with Crippen molar-refractivity contribution < 1.29 is 22.4 Å². The van der Waals surface area contributed by atoms with Crippen LogP contribution in [0, 0.1) is 17.6 Å². The van der Waals surface area contributed by atoms with Crippen molar-refractivity contribution in [1.29, 1.82) is 0 Å². The number of halogens is 2. The van der Waals surface area contributed by atoms with E-state index in [1.807, 2.05) is 44.2 Å². The van der Waals surface area contributed by atoms with E-state index in [9.17, 15) is 4.39 Å². The van der Waals surface area contributed by atoms with E-state index < -0.39 is 21.0 Å². The van der Waals surface area contributed by atoms with Gasteiger partial charge in [0.25, 0.3) is 0 Å². The largest absolute Gasteiger partial charge is 0.472 e. The van der Waals surface area contributed by atoms with Crippen LogP contribution < -0.4 is 9.64 Å². The van der Waals surface area contributed by atoms with Gasteiger partial charge < -0.3 is 18.5 Å². The third-order valence-corrected chi connectivity index (χ3v) is 11.1. The first kappa shape index (κ1) is 38.9. The molecule has 0 radical (unpaired) electrons. The summed E-state index contributed by atoms with van der Waals surface area (Å²) in [4.78, 5) is 2.44. The van der Waals surface area contributed by atoms with Crippen LogP contribution in [0.5, 0.6) is 5.75 Å². The minimum absolute atomic E-state index is 0. The topological polar surface area (TPSA) is 30.9 Å². The van der Waals surface area contributed by atoms with Crippen LogP contribution in [0.15, 0.2) is 97.1 Å². The number of rotatable bonds is 7. The quantitative estimate of drug-likeness (QED) is 0.124. The Hall–Kier alpha value is -4.30. The van der Waals surface area contributed by atoms with E-state index in [0.717, 1.165) is 76.9 Å². The van der Waals surface area contributed by atoms with Gasteiger partial charge in [-0.2, -0.15) is 0 Å². The van der Waals surface area contributed by atoms with Gasteiger partial charge in [-0.15, -0.1) is 0 Å². The molecule has 274 valence electrons. The van der Waals surface area contributed by atoms with Crippen LogP contribution in [-0.2, 0) is 19.9 Å². The Kier molecular flexibility index (Phi) is 11.8. The molecule has 5 aromatic carbocycles. The molecule has 2 aliphatic heterocycles. The highest BCUT2D eigenvalue weighted by Crippen LogP contribution is 2.58. The number of fused-ring (bicyclic) bond motifs is 8. The molecule has 3 aliphatic rings. The van der Waals surface area contributed by atoms with Crippen molar-refractivity contribution in [2.45, 2.75) is 66.4 Å². The number of benzene rings is 5. The van der Waals surface area contributed by atoms with E-state index in [1.54, 1.807) is 19.2 Å². The van der Waals surface area contributed by atoms with E-state index in [2.05, 4.69) is 67.3 Å². The van der Waals surface area contributed by atoms with Crippen LogP contribution in [0.25, 0.3) is 28.0 Å². The summed E-state index contributed by atoms with van der Waals surface area (Å²) in [5.41, 5.74) is 6.59. The van der Waals surface area contributed by atoms with E-state index in [0.29, 0.717) is 17.1 Å². The summed E-state index contributed by atoms with van der Waals surface area (Å²) in [7, 11) is 0.823. The van der Waals surface area contributed by atoms with E-state index in [4.69, 9.17) is 13.6 Å². The molecule has 0 saturated carbocycles. The third kappa shape index (κ3) is 6.59. The Balaban J connectivity index is 0.00000129. The van der Waals surface area contributed by atoms with Crippen molar-refractivity contribution in [3.05, 3.63) is 137 Å². The zero-order chi connectivity index (χ0) is 35.0. The highest BCUT2D eigenvalue weighted by molar-refractivity contribution is 6.17. The molecule has 5 aromatic rings. The number of nitrogens with zero attached hydrogens (tertiary/aromatic N) is 1. The normalized spacial score (nSPS) is 19.4. The molecule has 52 heavy (non-hydrogen) atoms. The van der Waals surface area contributed by atoms with Gasteiger partial charge in [0.1, 0.15) is 17.4 Å². The van der Waals surface area contributed by atoms with Crippen LogP contribution in [0.2, 0.25) is 0 Å². The zero-order valence-electron chi connectivity index (χ0n) is 29.6. The minimum Gasteiger partial charge on any atom is -0.472 e. The lowest BCUT2D eigenvalue weighted by Crippen LogP contribution is -2.38. The van der Waals surface area contributed by atoms with E-state index in [-0.39, 0.29) is 26.5 Å². The summed E-state index contributed by atoms with van der Waals surface area (Å²) in [6.07, 6.45) is 6.57. The number of hydrogen-bond donors (Lipinski definition) is 0. The van der Waals surface area contributed by atoms with Crippen molar-refractivity contribution in [3.63, 3.8) is 0 Å².